The summed E-state index contributed by atoms with van der Waals surface area (Å²) in [7, 11) is 3.27. The van der Waals surface area contributed by atoms with Crippen molar-refractivity contribution < 1.29 is 13.9 Å². The second-order valence-electron chi connectivity index (χ2n) is 6.97. The zero-order chi connectivity index (χ0) is 21.4. The molecule has 0 aliphatic rings. The number of methoxy groups -OCH3 is 1. The number of H-pyrrole nitrogens is 2. The van der Waals surface area contributed by atoms with Gasteiger partial charge in [0, 0.05) is 37.2 Å². The maximum Gasteiger partial charge on any atom is 0.276 e. The molecule has 4 aromatic rings. The van der Waals surface area contributed by atoms with Crippen molar-refractivity contribution in [3.63, 3.8) is 0 Å². The molecule has 0 atom stereocenters. The van der Waals surface area contributed by atoms with E-state index in [4.69, 9.17) is 10.5 Å². The molecule has 0 saturated heterocycles. The molecule has 0 aliphatic heterocycles. The molecule has 30 heavy (non-hydrogen) atoms. The molecule has 2 aromatic heterocycles. The SMILES string of the molecule is COCCN(C)C(=O)c1ccc2c(N)c(-c3nc4ccc(F)cc4[nH]c3=O)[nH]c2c1. The Morgan fingerprint density at radius 2 is 2.00 bits per heavy atom. The molecule has 8 nitrogen and oxygen atoms in total. The Kier molecular flexibility index (Phi) is 4.96. The summed E-state index contributed by atoms with van der Waals surface area (Å²) < 4.78 is 18.4. The van der Waals surface area contributed by atoms with Crippen LogP contribution in [0.1, 0.15) is 10.4 Å². The van der Waals surface area contributed by atoms with Crippen molar-refractivity contribution in [2.75, 3.05) is 33.0 Å². The number of ether oxygens (including phenoxy) is 1. The molecule has 0 bridgehead atoms. The zero-order valence-electron chi connectivity index (χ0n) is 16.5. The molecule has 0 unspecified atom stereocenters. The minimum Gasteiger partial charge on any atom is -0.396 e. The van der Waals surface area contributed by atoms with Crippen LogP contribution in [0.25, 0.3) is 33.3 Å². The Labute approximate surface area is 170 Å². The number of carbonyl (C=O) groups is 1. The first-order valence-electron chi connectivity index (χ1n) is 9.24. The lowest BCUT2D eigenvalue weighted by molar-refractivity contribution is 0.0744. The summed E-state index contributed by atoms with van der Waals surface area (Å²) in [6.07, 6.45) is 0. The van der Waals surface area contributed by atoms with Gasteiger partial charge in [-0.05, 0) is 36.4 Å². The highest BCUT2D eigenvalue weighted by Crippen LogP contribution is 2.31. The molecule has 0 fully saturated rings. The fourth-order valence-electron chi connectivity index (χ4n) is 3.32. The van der Waals surface area contributed by atoms with Gasteiger partial charge in [-0.3, -0.25) is 9.59 Å². The number of carbonyl (C=O) groups excluding carboxylic acids is 1. The molecule has 0 radical (unpaired) electrons. The molecule has 2 aromatic carbocycles. The number of nitrogens with zero attached hydrogens (tertiary/aromatic N) is 2. The van der Waals surface area contributed by atoms with Crippen molar-refractivity contribution in [3.05, 3.63) is 58.1 Å². The van der Waals surface area contributed by atoms with Crippen molar-refractivity contribution in [2.24, 2.45) is 0 Å². The van der Waals surface area contributed by atoms with Crippen LogP contribution in [0, 0.1) is 5.82 Å². The summed E-state index contributed by atoms with van der Waals surface area (Å²) in [4.78, 5) is 36.8. The molecule has 0 spiro atoms. The number of rotatable bonds is 5. The molecule has 0 saturated carbocycles. The summed E-state index contributed by atoms with van der Waals surface area (Å²) in [5, 5.41) is 0.668. The molecule has 4 rings (SSSR count). The predicted octanol–water partition coefficient (Wildman–Crippen LogP) is 2.51. The largest absolute Gasteiger partial charge is 0.396 e. The van der Waals surface area contributed by atoms with E-state index in [2.05, 4.69) is 15.0 Å². The van der Waals surface area contributed by atoms with Gasteiger partial charge >= 0.3 is 0 Å². The fourth-order valence-corrected chi connectivity index (χ4v) is 3.32. The highest BCUT2D eigenvalue weighted by Gasteiger charge is 2.18. The molecular formula is C21H20FN5O3. The summed E-state index contributed by atoms with van der Waals surface area (Å²) in [5.74, 6) is -0.627. The van der Waals surface area contributed by atoms with Gasteiger partial charge in [0.15, 0.2) is 5.69 Å². The third-order valence-electron chi connectivity index (χ3n) is 4.95. The minimum atomic E-state index is -0.498. The Morgan fingerprint density at radius 3 is 2.77 bits per heavy atom. The van der Waals surface area contributed by atoms with Crippen molar-refractivity contribution in [1.82, 2.24) is 19.9 Å². The number of aromatic amines is 2. The maximum absolute atomic E-state index is 13.4. The average Bonchev–Trinajstić information content (AvgIpc) is 3.06. The van der Waals surface area contributed by atoms with Crippen LogP contribution in [0.5, 0.6) is 0 Å². The topological polar surface area (TPSA) is 117 Å². The van der Waals surface area contributed by atoms with Gasteiger partial charge in [0.25, 0.3) is 11.5 Å². The zero-order valence-corrected chi connectivity index (χ0v) is 16.5. The number of likely N-dealkylation sites (N-methyl/N-ethyl adjacent to an activating group) is 1. The molecule has 2 heterocycles. The lowest BCUT2D eigenvalue weighted by Crippen LogP contribution is -2.29. The highest BCUT2D eigenvalue weighted by atomic mass is 19.1. The van der Waals surface area contributed by atoms with E-state index in [1.54, 1.807) is 37.3 Å². The van der Waals surface area contributed by atoms with Crippen LogP contribution < -0.4 is 11.3 Å². The normalized spacial score (nSPS) is 11.3. The number of anilines is 1. The summed E-state index contributed by atoms with van der Waals surface area (Å²) in [6, 6.07) is 9.06. The summed E-state index contributed by atoms with van der Waals surface area (Å²) in [5.41, 5.74) is 8.35. The smallest absolute Gasteiger partial charge is 0.276 e. The van der Waals surface area contributed by atoms with Gasteiger partial charge < -0.3 is 25.3 Å². The molecule has 0 aliphatic carbocycles. The molecule has 9 heteroatoms. The van der Waals surface area contributed by atoms with Gasteiger partial charge in [-0.15, -0.1) is 0 Å². The molecule has 4 N–H and O–H groups in total. The van der Waals surface area contributed by atoms with Gasteiger partial charge in [0.2, 0.25) is 0 Å². The Bertz CT molecular complexity index is 1330. The van der Waals surface area contributed by atoms with Gasteiger partial charge in [0.1, 0.15) is 5.82 Å². The van der Waals surface area contributed by atoms with Gasteiger partial charge in [0.05, 0.1) is 29.0 Å². The number of aromatic nitrogens is 3. The molecule has 154 valence electrons. The first-order valence-corrected chi connectivity index (χ1v) is 9.24. The molecular weight excluding hydrogens is 389 g/mol. The summed E-state index contributed by atoms with van der Waals surface area (Å²) >= 11 is 0. The number of fused-ring (bicyclic) bond motifs is 2. The van der Waals surface area contributed by atoms with Crippen LogP contribution in [0.2, 0.25) is 0 Å². The maximum atomic E-state index is 13.4. The van der Waals surface area contributed by atoms with Crippen molar-refractivity contribution in [2.45, 2.75) is 0 Å². The number of hydrogen-bond donors (Lipinski definition) is 3. The monoisotopic (exact) mass is 409 g/mol. The average molecular weight is 409 g/mol. The Morgan fingerprint density at radius 1 is 1.20 bits per heavy atom. The second-order valence-corrected chi connectivity index (χ2v) is 6.97. The lowest BCUT2D eigenvalue weighted by atomic mass is 10.1. The standard InChI is InChI=1S/C21H20FN5O3/c1-27(7-8-30-2)21(29)11-3-5-13-15(9-11)25-18(17(13)23)19-20(28)26-16-10-12(22)4-6-14(16)24-19/h3-6,9-10,25H,7-8,23H2,1-2H3,(H,26,28). The van der Waals surface area contributed by atoms with E-state index in [0.29, 0.717) is 52.0 Å². The van der Waals surface area contributed by atoms with Crippen molar-refractivity contribution in [1.29, 1.82) is 0 Å². The first-order chi connectivity index (χ1) is 14.4. The van der Waals surface area contributed by atoms with E-state index in [1.807, 2.05) is 0 Å². The molecule has 1 amide bonds. The van der Waals surface area contributed by atoms with Gasteiger partial charge in [-0.2, -0.15) is 0 Å². The number of nitrogen functional groups attached to an aromatic ring is 1. The van der Waals surface area contributed by atoms with Crippen LogP contribution in [-0.4, -0.2) is 53.1 Å². The quantitative estimate of drug-likeness (QED) is 0.468. The Hall–Kier alpha value is -3.72. The fraction of sp³-hybridized carbons (Fsp3) is 0.190. The van der Waals surface area contributed by atoms with E-state index >= 15 is 0 Å². The third kappa shape index (κ3) is 3.39. The van der Waals surface area contributed by atoms with E-state index in [0.717, 1.165) is 0 Å². The Balaban J connectivity index is 1.78. The highest BCUT2D eigenvalue weighted by molar-refractivity contribution is 6.04. The third-order valence-corrected chi connectivity index (χ3v) is 4.95. The van der Waals surface area contributed by atoms with E-state index < -0.39 is 11.4 Å². The van der Waals surface area contributed by atoms with Crippen LogP contribution >= 0.6 is 0 Å². The van der Waals surface area contributed by atoms with Crippen molar-refractivity contribution >= 4 is 33.5 Å². The lowest BCUT2D eigenvalue weighted by Gasteiger charge is -2.16. The first kappa shape index (κ1) is 19.6. The van der Waals surface area contributed by atoms with Gasteiger partial charge in [-0.1, -0.05) is 0 Å². The van der Waals surface area contributed by atoms with Crippen LogP contribution in [0.15, 0.2) is 41.2 Å². The van der Waals surface area contributed by atoms with E-state index in [-0.39, 0.29) is 11.6 Å². The minimum absolute atomic E-state index is 0.0906. The van der Waals surface area contributed by atoms with E-state index in [1.165, 1.54) is 18.2 Å². The predicted molar refractivity (Wildman–Crippen MR) is 113 cm³/mol. The summed E-state index contributed by atoms with van der Waals surface area (Å²) in [6.45, 7) is 0.896. The number of halogens is 1. The number of hydrogen-bond acceptors (Lipinski definition) is 5. The van der Waals surface area contributed by atoms with Crippen LogP contribution in [0.4, 0.5) is 10.1 Å². The number of nitrogens with two attached hydrogens (primary N) is 1. The number of nitrogens with one attached hydrogen (secondary N) is 2. The van der Waals surface area contributed by atoms with Crippen molar-refractivity contribution in [3.8, 4) is 11.4 Å². The van der Waals surface area contributed by atoms with Crippen LogP contribution in [-0.2, 0) is 4.74 Å². The van der Waals surface area contributed by atoms with E-state index in [9.17, 15) is 14.0 Å². The van der Waals surface area contributed by atoms with Gasteiger partial charge in [-0.25, -0.2) is 9.37 Å². The second kappa shape index (κ2) is 7.60. The van der Waals surface area contributed by atoms with Crippen LogP contribution in [0.3, 0.4) is 0 Å². The number of amides is 1. The number of benzene rings is 2.